The van der Waals surface area contributed by atoms with Crippen molar-refractivity contribution >= 4 is 31.9 Å². The van der Waals surface area contributed by atoms with Crippen molar-refractivity contribution in [1.29, 1.82) is 0 Å². The van der Waals surface area contributed by atoms with Crippen LogP contribution in [0.25, 0.3) is 0 Å². The van der Waals surface area contributed by atoms with Crippen LogP contribution in [0.3, 0.4) is 0 Å². The summed E-state index contributed by atoms with van der Waals surface area (Å²) in [7, 11) is 0. The number of hydrogen-bond acceptors (Lipinski definition) is 3. The second-order valence-corrected chi connectivity index (χ2v) is 6.55. The maximum atomic E-state index is 5.72. The Morgan fingerprint density at radius 1 is 1.15 bits per heavy atom. The molecule has 3 rings (SSSR count). The molecular formula is C15H14Br2N2O. The molecule has 5 heteroatoms. The summed E-state index contributed by atoms with van der Waals surface area (Å²) in [5, 5.41) is 3.42. The Hall–Kier alpha value is -0.910. The summed E-state index contributed by atoms with van der Waals surface area (Å²) < 4.78 is 7.83. The molecule has 0 bridgehead atoms. The van der Waals surface area contributed by atoms with Crippen molar-refractivity contribution in [3.05, 3.63) is 56.2 Å². The van der Waals surface area contributed by atoms with Crippen molar-refractivity contribution < 1.29 is 4.74 Å². The van der Waals surface area contributed by atoms with Crippen molar-refractivity contribution in [2.75, 3.05) is 6.61 Å². The molecule has 0 spiro atoms. The molecule has 0 saturated heterocycles. The number of halogens is 2. The van der Waals surface area contributed by atoms with E-state index in [-0.39, 0.29) is 0 Å². The highest BCUT2D eigenvalue weighted by atomic mass is 79.9. The minimum Gasteiger partial charge on any atom is -0.493 e. The summed E-state index contributed by atoms with van der Waals surface area (Å²) in [5.74, 6) is 1.05. The molecule has 1 aromatic heterocycles. The smallest absolute Gasteiger partial charge is 0.127 e. The minimum atomic E-state index is 0.745. The molecule has 0 aliphatic carbocycles. The van der Waals surface area contributed by atoms with E-state index in [2.05, 4.69) is 54.3 Å². The summed E-state index contributed by atoms with van der Waals surface area (Å²) in [6.07, 6.45) is 2.81. The molecule has 0 fully saturated rings. The molecule has 104 valence electrons. The predicted octanol–water partition coefficient (Wildman–Crippen LogP) is 3.83. The molecule has 0 amide bonds. The summed E-state index contributed by atoms with van der Waals surface area (Å²) in [6, 6.07) is 8.27. The lowest BCUT2D eigenvalue weighted by Gasteiger charge is -2.10. The van der Waals surface area contributed by atoms with Crippen LogP contribution in [0.4, 0.5) is 0 Å². The highest BCUT2D eigenvalue weighted by Gasteiger charge is 2.17. The second kappa shape index (κ2) is 6.24. The van der Waals surface area contributed by atoms with Gasteiger partial charge in [0.2, 0.25) is 0 Å². The third-order valence-electron chi connectivity index (χ3n) is 3.24. The van der Waals surface area contributed by atoms with E-state index in [1.54, 1.807) is 0 Å². The van der Waals surface area contributed by atoms with E-state index in [9.17, 15) is 0 Å². The molecule has 2 aromatic rings. The Labute approximate surface area is 135 Å². The third-order valence-corrected chi connectivity index (χ3v) is 4.16. The van der Waals surface area contributed by atoms with E-state index < -0.39 is 0 Å². The zero-order chi connectivity index (χ0) is 13.9. The summed E-state index contributed by atoms with van der Waals surface area (Å²) in [6.45, 7) is 2.31. The molecule has 1 aliphatic rings. The van der Waals surface area contributed by atoms with Gasteiger partial charge in [0.1, 0.15) is 5.75 Å². The van der Waals surface area contributed by atoms with Crippen molar-refractivity contribution in [1.82, 2.24) is 10.3 Å². The van der Waals surface area contributed by atoms with Crippen LogP contribution in [-0.2, 0) is 19.5 Å². The minimum absolute atomic E-state index is 0.745. The van der Waals surface area contributed by atoms with Gasteiger partial charge in [-0.2, -0.15) is 0 Å². The molecule has 1 aliphatic heterocycles. The van der Waals surface area contributed by atoms with Gasteiger partial charge in [-0.25, -0.2) is 0 Å². The first-order valence-electron chi connectivity index (χ1n) is 6.47. The molecule has 0 unspecified atom stereocenters. The van der Waals surface area contributed by atoms with Crippen LogP contribution >= 0.6 is 31.9 Å². The fourth-order valence-corrected chi connectivity index (χ4v) is 3.10. The van der Waals surface area contributed by atoms with E-state index >= 15 is 0 Å². The lowest BCUT2D eigenvalue weighted by Crippen LogP contribution is -2.14. The van der Waals surface area contributed by atoms with Gasteiger partial charge in [0, 0.05) is 40.2 Å². The second-order valence-electron chi connectivity index (χ2n) is 4.72. The quantitative estimate of drug-likeness (QED) is 0.851. The first-order valence-corrected chi connectivity index (χ1v) is 8.06. The molecule has 3 nitrogen and oxygen atoms in total. The van der Waals surface area contributed by atoms with Gasteiger partial charge >= 0.3 is 0 Å². The first kappa shape index (κ1) is 14.0. The first-order chi connectivity index (χ1) is 9.72. The molecule has 20 heavy (non-hydrogen) atoms. The Morgan fingerprint density at radius 3 is 2.85 bits per heavy atom. The van der Waals surface area contributed by atoms with Crippen molar-refractivity contribution in [2.45, 2.75) is 19.5 Å². The van der Waals surface area contributed by atoms with E-state index in [0.29, 0.717) is 0 Å². The Bertz CT molecular complexity index is 614. The number of nitrogens with one attached hydrogen (secondary N) is 1. The van der Waals surface area contributed by atoms with Crippen LogP contribution in [0.2, 0.25) is 0 Å². The van der Waals surface area contributed by atoms with E-state index in [1.165, 1.54) is 11.1 Å². The van der Waals surface area contributed by atoms with Gasteiger partial charge < -0.3 is 10.1 Å². The largest absolute Gasteiger partial charge is 0.493 e. The third kappa shape index (κ3) is 3.22. The van der Waals surface area contributed by atoms with Gasteiger partial charge in [0.25, 0.3) is 0 Å². The molecule has 0 saturated carbocycles. The zero-order valence-corrected chi connectivity index (χ0v) is 14.0. The molecule has 0 radical (unpaired) electrons. The van der Waals surface area contributed by atoms with Gasteiger partial charge in [0.15, 0.2) is 0 Å². The van der Waals surface area contributed by atoms with Crippen LogP contribution in [0.15, 0.2) is 39.4 Å². The number of pyridine rings is 1. The number of rotatable bonds is 4. The van der Waals surface area contributed by atoms with Crippen LogP contribution in [-0.4, -0.2) is 11.6 Å². The lowest BCUT2D eigenvalue weighted by molar-refractivity contribution is 0.352. The van der Waals surface area contributed by atoms with Gasteiger partial charge in [-0.1, -0.05) is 15.9 Å². The predicted molar refractivity (Wildman–Crippen MR) is 85.8 cm³/mol. The van der Waals surface area contributed by atoms with Gasteiger partial charge in [-0.05, 0) is 45.8 Å². The van der Waals surface area contributed by atoms with Crippen LogP contribution in [0, 0.1) is 0 Å². The van der Waals surface area contributed by atoms with E-state index in [0.717, 1.165) is 46.5 Å². The number of hydrogen-bond donors (Lipinski definition) is 1. The van der Waals surface area contributed by atoms with Crippen molar-refractivity contribution in [3.8, 4) is 5.75 Å². The Kier molecular flexibility index (Phi) is 4.38. The van der Waals surface area contributed by atoms with E-state index in [1.807, 2.05) is 18.3 Å². The molecule has 1 N–H and O–H groups in total. The lowest BCUT2D eigenvalue weighted by atomic mass is 10.1. The maximum Gasteiger partial charge on any atom is 0.127 e. The van der Waals surface area contributed by atoms with Crippen molar-refractivity contribution in [2.24, 2.45) is 0 Å². The summed E-state index contributed by atoms with van der Waals surface area (Å²) in [5.41, 5.74) is 3.52. The van der Waals surface area contributed by atoms with Gasteiger partial charge in [-0.15, -0.1) is 0 Å². The number of fused-ring (bicyclic) bond motifs is 1. The highest BCUT2D eigenvalue weighted by molar-refractivity contribution is 9.10. The fraction of sp³-hybridized carbons (Fsp3) is 0.267. The molecule has 1 aromatic carbocycles. The monoisotopic (exact) mass is 396 g/mol. The number of nitrogens with zero attached hydrogens (tertiary/aromatic N) is 1. The van der Waals surface area contributed by atoms with Crippen LogP contribution in [0.1, 0.15) is 16.8 Å². The highest BCUT2D eigenvalue weighted by Crippen LogP contribution is 2.32. The topological polar surface area (TPSA) is 34.1 Å². The number of benzene rings is 1. The number of ether oxygens (including phenoxy) is 1. The maximum absolute atomic E-state index is 5.72. The fourth-order valence-electron chi connectivity index (χ4n) is 2.31. The SMILES string of the molecule is Brc1ccc(CNCc2cc(Br)cc3c2OCC3)nc1. The molecular weight excluding hydrogens is 384 g/mol. The Balaban J connectivity index is 1.65. The van der Waals surface area contributed by atoms with Crippen LogP contribution in [0.5, 0.6) is 5.75 Å². The summed E-state index contributed by atoms with van der Waals surface area (Å²) >= 11 is 6.95. The van der Waals surface area contributed by atoms with Gasteiger partial charge in [-0.3, -0.25) is 4.98 Å². The average Bonchev–Trinajstić information content (AvgIpc) is 2.89. The molecule has 2 heterocycles. The molecule has 0 atom stereocenters. The zero-order valence-electron chi connectivity index (χ0n) is 10.8. The summed E-state index contributed by atoms with van der Waals surface area (Å²) in [4.78, 5) is 4.35. The average molecular weight is 398 g/mol. The van der Waals surface area contributed by atoms with Crippen LogP contribution < -0.4 is 10.1 Å². The number of aromatic nitrogens is 1. The van der Waals surface area contributed by atoms with Gasteiger partial charge in [0.05, 0.1) is 12.3 Å². The van der Waals surface area contributed by atoms with E-state index in [4.69, 9.17) is 4.74 Å². The van der Waals surface area contributed by atoms with Crippen molar-refractivity contribution in [3.63, 3.8) is 0 Å². The standard InChI is InChI=1S/C15H14Br2N2O/c16-12-1-2-14(19-8-12)9-18-7-11-6-13(17)5-10-3-4-20-15(10)11/h1-2,5-6,8,18H,3-4,7,9H2. The normalized spacial score (nSPS) is 13.1. The Morgan fingerprint density at radius 2 is 2.05 bits per heavy atom.